The van der Waals surface area contributed by atoms with Gasteiger partial charge in [-0.1, -0.05) is 30.3 Å². The highest BCUT2D eigenvalue weighted by atomic mass is 32.2. The average Bonchev–Trinajstić information content (AvgIpc) is 3.45. The minimum Gasteiger partial charge on any atom is -0.488 e. The summed E-state index contributed by atoms with van der Waals surface area (Å²) in [5, 5.41) is 5.18. The number of aromatic nitrogens is 4. The molecule has 0 radical (unpaired) electrons. The van der Waals surface area contributed by atoms with Crippen LogP contribution in [0.15, 0.2) is 54.9 Å². The number of nitrogens with zero attached hydrogens (tertiary/aromatic N) is 5. The zero-order valence-electron chi connectivity index (χ0n) is 20.4. The molecule has 0 aliphatic carbocycles. The van der Waals surface area contributed by atoms with Gasteiger partial charge in [0, 0.05) is 44.5 Å². The maximum atomic E-state index is 11.8. The second-order valence-corrected chi connectivity index (χ2v) is 10.7. The molecule has 4 aromatic rings. The van der Waals surface area contributed by atoms with E-state index in [9.17, 15) is 8.42 Å². The number of sulfonamides is 1. The van der Waals surface area contributed by atoms with E-state index in [2.05, 4.69) is 44.0 Å². The van der Waals surface area contributed by atoms with Crippen molar-refractivity contribution >= 4 is 26.7 Å². The van der Waals surface area contributed by atoms with Crippen LogP contribution >= 0.6 is 0 Å². The second-order valence-electron chi connectivity index (χ2n) is 8.92. The largest absolute Gasteiger partial charge is 0.488 e. The maximum absolute atomic E-state index is 11.8. The van der Waals surface area contributed by atoms with Crippen molar-refractivity contribution in [1.82, 2.24) is 24.6 Å². The molecule has 1 atom stereocenters. The molecule has 10 nitrogen and oxygen atoms in total. The van der Waals surface area contributed by atoms with Crippen LogP contribution in [0.4, 0.5) is 5.69 Å². The Hall–Kier alpha value is -3.70. The molecule has 0 bridgehead atoms. The molecule has 11 heteroatoms. The van der Waals surface area contributed by atoms with Crippen molar-refractivity contribution in [3.05, 3.63) is 60.4 Å². The normalized spacial score (nSPS) is 16.4. The van der Waals surface area contributed by atoms with Crippen molar-refractivity contribution in [3.8, 4) is 22.9 Å². The Morgan fingerprint density at radius 3 is 2.72 bits per heavy atom. The molecular formula is C25H28N6O4S. The van der Waals surface area contributed by atoms with Crippen LogP contribution in [0.3, 0.4) is 0 Å². The lowest BCUT2D eigenvalue weighted by Gasteiger charge is -2.18. The third kappa shape index (κ3) is 5.26. The van der Waals surface area contributed by atoms with E-state index in [4.69, 9.17) is 14.5 Å². The van der Waals surface area contributed by atoms with E-state index >= 15 is 0 Å². The molecule has 188 valence electrons. The number of anilines is 1. The molecule has 0 saturated carbocycles. The second kappa shape index (κ2) is 9.75. The molecule has 3 aromatic heterocycles. The lowest BCUT2D eigenvalue weighted by atomic mass is 10.1. The monoisotopic (exact) mass is 508 g/mol. The Balaban J connectivity index is 1.44. The number of hydrogen-bond donors (Lipinski definition) is 1. The number of aryl methyl sites for hydroxylation is 1. The number of ether oxygens (including phenoxy) is 2. The van der Waals surface area contributed by atoms with Gasteiger partial charge in [0.2, 0.25) is 15.9 Å². The molecule has 1 aliphatic heterocycles. The van der Waals surface area contributed by atoms with E-state index in [1.54, 1.807) is 23.1 Å². The molecule has 0 spiro atoms. The fourth-order valence-electron chi connectivity index (χ4n) is 4.42. The summed E-state index contributed by atoms with van der Waals surface area (Å²) in [6, 6.07) is 13.9. The Morgan fingerprint density at radius 2 is 1.97 bits per heavy atom. The van der Waals surface area contributed by atoms with Gasteiger partial charge in [-0.25, -0.2) is 18.4 Å². The predicted molar refractivity (Wildman–Crippen MR) is 138 cm³/mol. The molecule has 1 saturated heterocycles. The SMILES string of the molecule is COc1ncc(-c2cc(O[C@@H]3CCN(Cc4ccccc4)C3)c3cnn(C)c3n2)cc1NS(C)(=O)=O. The number of pyridine rings is 2. The number of nitrogens with one attached hydrogen (secondary N) is 1. The summed E-state index contributed by atoms with van der Waals surface area (Å²) in [6.45, 7) is 2.66. The molecule has 0 unspecified atom stereocenters. The minimum atomic E-state index is -3.53. The molecule has 0 amide bonds. The Kier molecular flexibility index (Phi) is 6.50. The van der Waals surface area contributed by atoms with E-state index in [1.165, 1.54) is 12.7 Å². The van der Waals surface area contributed by atoms with E-state index in [1.807, 2.05) is 19.2 Å². The molecule has 1 N–H and O–H groups in total. The van der Waals surface area contributed by atoms with Crippen molar-refractivity contribution in [1.29, 1.82) is 0 Å². The van der Waals surface area contributed by atoms with Crippen LogP contribution in [0.2, 0.25) is 0 Å². The van der Waals surface area contributed by atoms with Crippen LogP contribution in [0, 0.1) is 0 Å². The number of hydrogen-bond acceptors (Lipinski definition) is 8. The zero-order valence-corrected chi connectivity index (χ0v) is 21.2. The summed E-state index contributed by atoms with van der Waals surface area (Å²) in [5.74, 6) is 0.856. The summed E-state index contributed by atoms with van der Waals surface area (Å²) < 4.78 is 39.6. The van der Waals surface area contributed by atoms with Gasteiger partial charge in [0.25, 0.3) is 0 Å². The van der Waals surface area contributed by atoms with Crippen molar-refractivity contribution in [2.75, 3.05) is 31.2 Å². The fraction of sp³-hybridized carbons (Fsp3) is 0.320. The number of likely N-dealkylation sites (tertiary alicyclic amines) is 1. The van der Waals surface area contributed by atoms with Crippen molar-refractivity contribution < 1.29 is 17.9 Å². The van der Waals surface area contributed by atoms with Gasteiger partial charge >= 0.3 is 0 Å². The van der Waals surface area contributed by atoms with Gasteiger partial charge in [-0.3, -0.25) is 14.3 Å². The number of rotatable bonds is 8. The van der Waals surface area contributed by atoms with E-state index < -0.39 is 10.0 Å². The van der Waals surface area contributed by atoms with Crippen LogP contribution in [0.1, 0.15) is 12.0 Å². The predicted octanol–water partition coefficient (Wildman–Crippen LogP) is 3.06. The smallest absolute Gasteiger partial charge is 0.238 e. The quantitative estimate of drug-likeness (QED) is 0.387. The first kappa shape index (κ1) is 24.0. The summed E-state index contributed by atoms with van der Waals surface area (Å²) >= 11 is 0. The Morgan fingerprint density at radius 1 is 1.17 bits per heavy atom. The average molecular weight is 509 g/mol. The Bertz CT molecular complexity index is 1490. The fourth-order valence-corrected chi connectivity index (χ4v) is 4.96. The van der Waals surface area contributed by atoms with Crippen molar-refractivity contribution in [2.45, 2.75) is 19.1 Å². The van der Waals surface area contributed by atoms with Crippen molar-refractivity contribution in [3.63, 3.8) is 0 Å². The first-order valence-electron chi connectivity index (χ1n) is 11.6. The summed E-state index contributed by atoms with van der Waals surface area (Å²) in [7, 11) is -0.270. The van der Waals surface area contributed by atoms with E-state index in [0.29, 0.717) is 22.7 Å². The first-order chi connectivity index (χ1) is 17.3. The molecule has 1 aliphatic rings. The lowest BCUT2D eigenvalue weighted by molar-refractivity contribution is 0.200. The van der Waals surface area contributed by atoms with Crippen LogP contribution in [-0.2, 0) is 23.6 Å². The topological polar surface area (TPSA) is 111 Å². The van der Waals surface area contributed by atoms with Gasteiger partial charge in [0.05, 0.1) is 30.6 Å². The van der Waals surface area contributed by atoms with Gasteiger partial charge < -0.3 is 9.47 Å². The maximum Gasteiger partial charge on any atom is 0.238 e. The number of methoxy groups -OCH3 is 1. The zero-order chi connectivity index (χ0) is 25.3. The minimum absolute atomic E-state index is 0.0313. The number of fused-ring (bicyclic) bond motifs is 1. The molecule has 4 heterocycles. The van der Waals surface area contributed by atoms with Crippen molar-refractivity contribution in [2.24, 2.45) is 7.05 Å². The molecular weight excluding hydrogens is 480 g/mol. The summed E-state index contributed by atoms with van der Waals surface area (Å²) in [6.07, 6.45) is 5.37. The van der Waals surface area contributed by atoms with Crippen LogP contribution in [0.25, 0.3) is 22.3 Å². The summed E-state index contributed by atoms with van der Waals surface area (Å²) in [4.78, 5) is 11.4. The van der Waals surface area contributed by atoms with Gasteiger partial charge in [-0.05, 0) is 18.1 Å². The van der Waals surface area contributed by atoms with E-state index in [0.717, 1.165) is 37.7 Å². The Labute approximate surface area is 209 Å². The highest BCUT2D eigenvalue weighted by Crippen LogP contribution is 2.34. The van der Waals surface area contributed by atoms with Gasteiger partial charge in [0.1, 0.15) is 17.5 Å². The molecule has 5 rings (SSSR count). The van der Waals surface area contributed by atoms with Crippen LogP contribution < -0.4 is 14.2 Å². The molecule has 1 aromatic carbocycles. The molecule has 1 fully saturated rings. The lowest BCUT2D eigenvalue weighted by Crippen LogP contribution is -2.24. The number of benzene rings is 1. The van der Waals surface area contributed by atoms with Gasteiger partial charge in [0.15, 0.2) is 5.65 Å². The van der Waals surface area contributed by atoms with E-state index in [-0.39, 0.29) is 17.7 Å². The standard InChI is InChI=1S/C25H28N6O4S/c1-30-24-20(14-27-30)23(35-19-9-10-31(16-19)15-17-7-5-4-6-8-17)12-21(28-24)18-11-22(29-36(3,32)33)25(34-2)26-13-18/h4-8,11-14,19,29H,9-10,15-16H2,1-3H3/t19-/m1/s1. The van der Waals surface area contributed by atoms with Crippen LogP contribution in [-0.4, -0.2) is 65.6 Å². The molecule has 36 heavy (non-hydrogen) atoms. The van der Waals surface area contributed by atoms with Gasteiger partial charge in [-0.2, -0.15) is 5.10 Å². The third-order valence-corrected chi connectivity index (χ3v) is 6.67. The van der Waals surface area contributed by atoms with Crippen LogP contribution in [0.5, 0.6) is 11.6 Å². The highest BCUT2D eigenvalue weighted by Gasteiger charge is 2.25. The summed E-state index contributed by atoms with van der Waals surface area (Å²) in [5.41, 5.74) is 3.39. The van der Waals surface area contributed by atoms with Gasteiger partial charge in [-0.15, -0.1) is 0 Å². The highest BCUT2D eigenvalue weighted by molar-refractivity contribution is 7.92. The first-order valence-corrected chi connectivity index (χ1v) is 13.5. The third-order valence-electron chi connectivity index (χ3n) is 6.07.